The van der Waals surface area contributed by atoms with Crippen molar-refractivity contribution < 1.29 is 13.2 Å². The third-order valence-electron chi connectivity index (χ3n) is 3.34. The number of carbonyl (C=O) groups excluding carboxylic acids is 1. The summed E-state index contributed by atoms with van der Waals surface area (Å²) in [5, 5.41) is 2.60. The van der Waals surface area contributed by atoms with Gasteiger partial charge in [-0.25, -0.2) is 8.42 Å². The van der Waals surface area contributed by atoms with Crippen molar-refractivity contribution in [1.29, 1.82) is 0 Å². The first-order valence-electron chi connectivity index (χ1n) is 6.17. The molecule has 1 amide bonds. The maximum absolute atomic E-state index is 12.3. The molecular weight excluding hydrogens is 266 g/mol. The van der Waals surface area contributed by atoms with Crippen LogP contribution >= 0.6 is 0 Å². The van der Waals surface area contributed by atoms with E-state index in [-0.39, 0.29) is 16.7 Å². The van der Waals surface area contributed by atoms with E-state index in [0.717, 1.165) is 0 Å². The Labute approximate surface area is 112 Å². The van der Waals surface area contributed by atoms with Gasteiger partial charge in [-0.3, -0.25) is 9.78 Å². The quantitative estimate of drug-likeness (QED) is 0.861. The van der Waals surface area contributed by atoms with Crippen LogP contribution in [-0.4, -0.2) is 43.8 Å². The lowest BCUT2D eigenvalue weighted by Gasteiger charge is -2.30. The molecule has 0 saturated carbocycles. The number of rotatable bonds is 3. The van der Waals surface area contributed by atoms with Crippen molar-refractivity contribution in [3.8, 4) is 0 Å². The van der Waals surface area contributed by atoms with E-state index in [1.54, 1.807) is 13.1 Å². The van der Waals surface area contributed by atoms with Crippen LogP contribution in [0.25, 0.3) is 0 Å². The van der Waals surface area contributed by atoms with Crippen LogP contribution in [-0.2, 0) is 14.8 Å². The normalized spacial score (nSPS) is 18.2. The van der Waals surface area contributed by atoms with Crippen LogP contribution in [0.4, 0.5) is 0 Å². The van der Waals surface area contributed by atoms with Gasteiger partial charge in [-0.15, -0.1) is 0 Å². The predicted octanol–water partition coefficient (Wildman–Crippen LogP) is 0.228. The minimum atomic E-state index is -3.48. The van der Waals surface area contributed by atoms with E-state index in [2.05, 4.69) is 10.3 Å². The standard InChI is InChI=1S/C12H17N3O3S/c1-13-12(16)10-4-7-15(8-5-10)19(17,18)11-3-2-6-14-9-11/h2-3,6,9-10H,4-5,7-8H2,1H3,(H,13,16). The number of hydrogen-bond acceptors (Lipinski definition) is 4. The van der Waals surface area contributed by atoms with E-state index in [4.69, 9.17) is 0 Å². The van der Waals surface area contributed by atoms with Gasteiger partial charge in [0.25, 0.3) is 0 Å². The zero-order valence-corrected chi connectivity index (χ0v) is 11.6. The summed E-state index contributed by atoms with van der Waals surface area (Å²) in [5.74, 6) is -0.108. The maximum Gasteiger partial charge on any atom is 0.244 e. The highest BCUT2D eigenvalue weighted by Gasteiger charge is 2.31. The van der Waals surface area contributed by atoms with E-state index in [1.807, 2.05) is 0 Å². The molecule has 6 nitrogen and oxygen atoms in total. The molecule has 1 aromatic rings. The summed E-state index contributed by atoms with van der Waals surface area (Å²) in [6, 6.07) is 3.14. The first kappa shape index (κ1) is 14.0. The zero-order chi connectivity index (χ0) is 13.9. The van der Waals surface area contributed by atoms with Crippen LogP contribution in [0.3, 0.4) is 0 Å². The molecule has 2 rings (SSSR count). The second-order valence-corrected chi connectivity index (χ2v) is 6.42. The van der Waals surface area contributed by atoms with Gasteiger partial charge in [-0.1, -0.05) is 0 Å². The number of amides is 1. The summed E-state index contributed by atoms with van der Waals surface area (Å²) in [5.41, 5.74) is 0. The van der Waals surface area contributed by atoms with E-state index >= 15 is 0 Å². The number of carbonyl (C=O) groups is 1. The third-order valence-corrected chi connectivity index (χ3v) is 5.23. The molecule has 19 heavy (non-hydrogen) atoms. The summed E-state index contributed by atoms with van der Waals surface area (Å²) in [6.45, 7) is 0.741. The van der Waals surface area contributed by atoms with Gasteiger partial charge in [0.15, 0.2) is 0 Å². The first-order valence-corrected chi connectivity index (χ1v) is 7.61. The van der Waals surface area contributed by atoms with E-state index in [1.165, 1.54) is 22.8 Å². The third kappa shape index (κ3) is 2.93. The molecule has 0 spiro atoms. The number of nitrogens with zero attached hydrogens (tertiary/aromatic N) is 2. The fraction of sp³-hybridized carbons (Fsp3) is 0.500. The Balaban J connectivity index is 2.08. The number of hydrogen-bond donors (Lipinski definition) is 1. The van der Waals surface area contributed by atoms with Gasteiger partial charge in [-0.05, 0) is 25.0 Å². The van der Waals surface area contributed by atoms with Crippen molar-refractivity contribution in [3.63, 3.8) is 0 Å². The molecule has 1 fully saturated rings. The van der Waals surface area contributed by atoms with Crippen molar-refractivity contribution in [2.24, 2.45) is 5.92 Å². The Morgan fingerprint density at radius 2 is 2.11 bits per heavy atom. The van der Waals surface area contributed by atoms with Gasteiger partial charge in [-0.2, -0.15) is 4.31 Å². The van der Waals surface area contributed by atoms with E-state index in [0.29, 0.717) is 25.9 Å². The first-order chi connectivity index (χ1) is 9.05. The lowest BCUT2D eigenvalue weighted by Crippen LogP contribution is -2.42. The second kappa shape index (κ2) is 5.66. The van der Waals surface area contributed by atoms with Gasteiger partial charge < -0.3 is 5.32 Å². The van der Waals surface area contributed by atoms with Gasteiger partial charge >= 0.3 is 0 Å². The van der Waals surface area contributed by atoms with E-state index in [9.17, 15) is 13.2 Å². The Kier molecular flexibility index (Phi) is 4.16. The molecule has 7 heteroatoms. The van der Waals surface area contributed by atoms with Gasteiger partial charge in [0.05, 0.1) is 0 Å². The summed E-state index contributed by atoms with van der Waals surface area (Å²) in [4.78, 5) is 15.5. The summed E-state index contributed by atoms with van der Waals surface area (Å²) in [6.07, 6.45) is 4.00. The van der Waals surface area contributed by atoms with Gasteiger partial charge in [0.1, 0.15) is 4.90 Å². The number of nitrogens with one attached hydrogen (secondary N) is 1. The fourth-order valence-electron chi connectivity index (χ4n) is 2.21. The number of piperidine rings is 1. The second-order valence-electron chi connectivity index (χ2n) is 4.48. The Bertz CT molecular complexity index is 537. The van der Waals surface area contributed by atoms with Gasteiger partial charge in [0.2, 0.25) is 15.9 Å². The summed E-state index contributed by atoms with van der Waals surface area (Å²) < 4.78 is 26.1. The lowest BCUT2D eigenvalue weighted by atomic mass is 9.97. The van der Waals surface area contributed by atoms with Gasteiger partial charge in [0, 0.05) is 38.4 Å². The highest BCUT2D eigenvalue weighted by atomic mass is 32.2. The molecule has 0 unspecified atom stereocenters. The average molecular weight is 283 g/mol. The van der Waals surface area contributed by atoms with Crippen LogP contribution in [0.2, 0.25) is 0 Å². The van der Waals surface area contributed by atoms with E-state index < -0.39 is 10.0 Å². The average Bonchev–Trinajstić information content (AvgIpc) is 2.47. The highest BCUT2D eigenvalue weighted by molar-refractivity contribution is 7.89. The van der Waals surface area contributed by atoms with Crippen LogP contribution in [0, 0.1) is 5.92 Å². The summed E-state index contributed by atoms with van der Waals surface area (Å²) >= 11 is 0. The number of pyridine rings is 1. The van der Waals surface area contributed by atoms with Crippen molar-refractivity contribution in [2.45, 2.75) is 17.7 Å². The van der Waals surface area contributed by atoms with Crippen molar-refractivity contribution in [3.05, 3.63) is 24.5 Å². The van der Waals surface area contributed by atoms with Crippen LogP contribution in [0.15, 0.2) is 29.4 Å². The number of sulfonamides is 1. The Morgan fingerprint density at radius 1 is 1.42 bits per heavy atom. The topological polar surface area (TPSA) is 79.4 Å². The van der Waals surface area contributed by atoms with Crippen molar-refractivity contribution in [2.75, 3.05) is 20.1 Å². The van der Waals surface area contributed by atoms with Crippen LogP contribution in [0.5, 0.6) is 0 Å². The largest absolute Gasteiger partial charge is 0.359 e. The SMILES string of the molecule is CNC(=O)C1CCN(S(=O)(=O)c2cccnc2)CC1. The molecule has 0 bridgehead atoms. The van der Waals surface area contributed by atoms with Crippen molar-refractivity contribution >= 4 is 15.9 Å². The summed E-state index contributed by atoms with van der Waals surface area (Å²) in [7, 11) is -1.88. The molecule has 1 saturated heterocycles. The molecular formula is C12H17N3O3S. The molecule has 1 aromatic heterocycles. The number of aromatic nitrogens is 1. The molecule has 2 heterocycles. The smallest absolute Gasteiger partial charge is 0.244 e. The molecule has 0 radical (unpaired) electrons. The van der Waals surface area contributed by atoms with Crippen LogP contribution < -0.4 is 5.32 Å². The monoisotopic (exact) mass is 283 g/mol. The highest BCUT2D eigenvalue weighted by Crippen LogP contribution is 2.23. The van der Waals surface area contributed by atoms with Crippen molar-refractivity contribution in [1.82, 2.24) is 14.6 Å². The fourth-order valence-corrected chi connectivity index (χ4v) is 3.65. The molecule has 0 aromatic carbocycles. The molecule has 104 valence electrons. The molecule has 0 atom stereocenters. The molecule has 1 aliphatic heterocycles. The zero-order valence-electron chi connectivity index (χ0n) is 10.7. The Morgan fingerprint density at radius 3 is 2.63 bits per heavy atom. The lowest BCUT2D eigenvalue weighted by molar-refractivity contribution is -0.125. The molecule has 0 aliphatic carbocycles. The minimum Gasteiger partial charge on any atom is -0.359 e. The molecule has 1 aliphatic rings. The van der Waals surface area contributed by atoms with Crippen LogP contribution in [0.1, 0.15) is 12.8 Å². The minimum absolute atomic E-state index is 0.0153. The Hall–Kier alpha value is -1.47. The molecule has 1 N–H and O–H groups in total. The predicted molar refractivity (Wildman–Crippen MR) is 69.8 cm³/mol. The maximum atomic E-state index is 12.3.